The number of nitrogens with zero attached hydrogens (tertiary/aromatic N) is 6. The number of fused-ring (bicyclic) bond motifs is 13. The summed E-state index contributed by atoms with van der Waals surface area (Å²) < 4.78 is 11.9. The molecule has 17 aromatic carbocycles. The van der Waals surface area contributed by atoms with E-state index in [1.165, 1.54) is 136 Å². The number of aromatic nitrogens is 6. The van der Waals surface area contributed by atoms with E-state index in [9.17, 15) is 0 Å². The summed E-state index contributed by atoms with van der Waals surface area (Å²) in [5.41, 5.74) is 23.3. The predicted octanol–water partition coefficient (Wildman–Crippen LogP) is 23.5. The van der Waals surface area contributed by atoms with Crippen LogP contribution in [0.4, 0.5) is 0 Å². The van der Waals surface area contributed by atoms with E-state index in [1.54, 1.807) is 0 Å². The van der Waals surface area contributed by atoms with Crippen molar-refractivity contribution in [3.8, 4) is 62.1 Å². The van der Waals surface area contributed by atoms with Gasteiger partial charge in [0.2, 0.25) is 0 Å². The first-order valence-corrected chi connectivity index (χ1v) is 39.7. The predicted molar refractivity (Wildman–Crippen MR) is 465 cm³/mol. The van der Waals surface area contributed by atoms with E-state index < -0.39 is 8.07 Å². The minimum Gasteiger partial charge on any atom is -0.309 e. The first kappa shape index (κ1) is 64.0. The van der Waals surface area contributed by atoms with Gasteiger partial charge in [0, 0.05) is 77.1 Å². The molecule has 110 heavy (non-hydrogen) atoms. The molecule has 0 saturated carbocycles. The summed E-state index contributed by atoms with van der Waals surface area (Å²) in [7, 11) is -2.71. The lowest BCUT2D eigenvalue weighted by Crippen LogP contribution is -2.74. The van der Waals surface area contributed by atoms with Gasteiger partial charge in [0.1, 0.15) is 5.82 Å². The van der Waals surface area contributed by atoms with Crippen LogP contribution in [0.2, 0.25) is 0 Å². The normalized spacial score (nSPS) is 11.8. The van der Waals surface area contributed by atoms with E-state index in [1.807, 2.05) is 6.07 Å². The summed E-state index contributed by atoms with van der Waals surface area (Å²) in [6.07, 6.45) is 0. The van der Waals surface area contributed by atoms with Crippen molar-refractivity contribution in [3.05, 3.63) is 425 Å². The Hall–Kier alpha value is -14.4. The van der Waals surface area contributed by atoms with Crippen molar-refractivity contribution in [2.45, 2.75) is 0 Å². The smallest absolute Gasteiger partial charge is 0.179 e. The van der Waals surface area contributed by atoms with Crippen LogP contribution in [0.25, 0.3) is 160 Å². The van der Waals surface area contributed by atoms with Crippen molar-refractivity contribution < 1.29 is 0 Å². The van der Waals surface area contributed by atoms with Crippen molar-refractivity contribution in [2.24, 2.45) is 0 Å². The second kappa shape index (κ2) is 26.6. The number of hydrogen-bond acceptors (Lipinski definition) is 1. The number of para-hydroxylation sites is 9. The lowest BCUT2D eigenvalue weighted by Gasteiger charge is -2.34. The van der Waals surface area contributed by atoms with Gasteiger partial charge in [0.25, 0.3) is 0 Å². The molecular weight excluding hydrogens is 1350 g/mol. The fourth-order valence-electron chi connectivity index (χ4n) is 17.6. The Bertz CT molecular complexity index is 7090. The summed E-state index contributed by atoms with van der Waals surface area (Å²) in [6.45, 7) is 0. The van der Waals surface area contributed by atoms with E-state index in [4.69, 9.17) is 4.98 Å². The van der Waals surface area contributed by atoms with E-state index in [2.05, 4.69) is 441 Å². The van der Waals surface area contributed by atoms with Crippen LogP contribution in [-0.4, -0.2) is 35.9 Å². The molecule has 0 aliphatic carbocycles. The minimum atomic E-state index is -2.71. The molecule has 7 heteroatoms. The Labute approximate surface area is 637 Å². The summed E-state index contributed by atoms with van der Waals surface area (Å²) >= 11 is 0. The van der Waals surface area contributed by atoms with Crippen molar-refractivity contribution >= 4 is 127 Å². The van der Waals surface area contributed by atoms with Crippen LogP contribution in [-0.2, 0) is 0 Å². The minimum absolute atomic E-state index is 0.933. The molecule has 22 rings (SSSR count). The standard InChI is InChI=1S/C54H38N2Si.C49H32N4/c1-5-18-41(19-6-1)55-51-30-15-13-28-47(51)49-36-39(32-34-53(49)55)40-33-35-54-50(37-40)48-29-14-16-31-52(48)56(54)42-20-17-27-46(38-42)57(43-21-7-2-8-22-43,44-23-9-3-10-24-44)45-25-11-4-12-26-45;1-3-13-36(14-4-1)51-46-29-27-35(33-23-25-34(26-24-33)49-50-43-19-9-12-22-48(43)53(49)37-15-5-2-6-16-37)31-41(46)42-32-38(28-30-47(42)51)52-44-20-10-7-17-39(44)40-18-8-11-21-45(40)52/h1-38H;1-32H. The summed E-state index contributed by atoms with van der Waals surface area (Å²) in [6, 6.07) is 155. The van der Waals surface area contributed by atoms with Crippen LogP contribution in [0.3, 0.4) is 0 Å². The van der Waals surface area contributed by atoms with E-state index >= 15 is 0 Å². The summed E-state index contributed by atoms with van der Waals surface area (Å²) in [4.78, 5) is 5.09. The maximum atomic E-state index is 5.09. The summed E-state index contributed by atoms with van der Waals surface area (Å²) in [5.74, 6) is 0.933. The molecule has 0 N–H and O–H groups in total. The Kier molecular flexibility index (Phi) is 15.5. The first-order chi connectivity index (χ1) is 54.6. The Morgan fingerprint density at radius 3 is 0.891 bits per heavy atom. The third-order valence-corrected chi connectivity index (χ3v) is 27.3. The fourth-order valence-corrected chi connectivity index (χ4v) is 22.4. The molecule has 0 spiro atoms. The lowest BCUT2D eigenvalue weighted by atomic mass is 10.0. The van der Waals surface area contributed by atoms with Crippen LogP contribution < -0.4 is 20.7 Å². The van der Waals surface area contributed by atoms with Crippen molar-refractivity contribution in [3.63, 3.8) is 0 Å². The molecule has 5 aromatic heterocycles. The molecule has 6 nitrogen and oxygen atoms in total. The Morgan fingerprint density at radius 1 is 0.164 bits per heavy atom. The highest BCUT2D eigenvalue weighted by Crippen LogP contribution is 2.42. The van der Waals surface area contributed by atoms with Crippen molar-refractivity contribution in [1.29, 1.82) is 0 Å². The van der Waals surface area contributed by atoms with Crippen molar-refractivity contribution in [1.82, 2.24) is 27.8 Å². The average molecular weight is 1420 g/mol. The number of hydrogen-bond donors (Lipinski definition) is 0. The average Bonchev–Trinajstić information content (AvgIpc) is 1.53. The fraction of sp³-hybridized carbons (Fsp3) is 0. The van der Waals surface area contributed by atoms with E-state index in [-0.39, 0.29) is 0 Å². The highest BCUT2D eigenvalue weighted by molar-refractivity contribution is 7.20. The quantitative estimate of drug-likeness (QED) is 0.0887. The van der Waals surface area contributed by atoms with Gasteiger partial charge < -0.3 is 18.3 Å². The molecule has 0 fully saturated rings. The monoisotopic (exact) mass is 1420 g/mol. The van der Waals surface area contributed by atoms with Gasteiger partial charge >= 0.3 is 0 Å². The zero-order chi connectivity index (χ0) is 72.6. The van der Waals surface area contributed by atoms with Crippen LogP contribution in [0.5, 0.6) is 0 Å². The molecule has 516 valence electrons. The van der Waals surface area contributed by atoms with Crippen molar-refractivity contribution in [2.75, 3.05) is 0 Å². The highest BCUT2D eigenvalue weighted by atomic mass is 28.3. The second-order valence-electron chi connectivity index (χ2n) is 28.5. The molecule has 0 atom stereocenters. The molecule has 0 unspecified atom stereocenters. The number of imidazole rings is 1. The lowest BCUT2D eigenvalue weighted by molar-refractivity contribution is 1.10. The molecule has 22 aromatic rings. The van der Waals surface area contributed by atoms with E-state index in [0.717, 1.165) is 45.0 Å². The van der Waals surface area contributed by atoms with Gasteiger partial charge in [-0.1, -0.05) is 285 Å². The Balaban J connectivity index is 0.000000140. The maximum Gasteiger partial charge on any atom is 0.179 e. The van der Waals surface area contributed by atoms with Crippen LogP contribution in [0.1, 0.15) is 0 Å². The van der Waals surface area contributed by atoms with Gasteiger partial charge in [0.05, 0.1) is 55.2 Å². The van der Waals surface area contributed by atoms with Gasteiger partial charge in [-0.05, 0) is 183 Å². The molecule has 0 bridgehead atoms. The SMILES string of the molecule is c1ccc(-n2c(-c3ccc(-c4ccc5c(c4)c4cc(-n6c7ccccc7c7ccccc76)ccc4n5-c4ccccc4)cc3)nc3ccccc32)cc1.c1ccc(-n2c3ccccc3c3cc(-c4ccc5c(c4)c4ccccc4n5-c4cccc([Si](c5ccccc5)(c5ccccc5)c5ccccc5)c4)ccc32)cc1. The molecule has 0 aliphatic heterocycles. The highest BCUT2D eigenvalue weighted by Gasteiger charge is 2.41. The number of benzene rings is 17. The summed E-state index contributed by atoms with van der Waals surface area (Å²) in [5, 5.41) is 15.5. The molecule has 0 radical (unpaired) electrons. The topological polar surface area (TPSA) is 37.5 Å². The van der Waals surface area contributed by atoms with Gasteiger partial charge in [-0.15, -0.1) is 0 Å². The third kappa shape index (κ3) is 10.5. The molecule has 0 amide bonds. The third-order valence-electron chi connectivity index (χ3n) is 22.5. The maximum absolute atomic E-state index is 5.09. The molecular formula is C103H70N6Si. The second-order valence-corrected chi connectivity index (χ2v) is 32.4. The molecule has 0 saturated heterocycles. The zero-order valence-corrected chi connectivity index (χ0v) is 61.1. The van der Waals surface area contributed by atoms with Crippen LogP contribution >= 0.6 is 0 Å². The number of rotatable bonds is 12. The zero-order valence-electron chi connectivity index (χ0n) is 60.1. The van der Waals surface area contributed by atoms with Crippen LogP contribution in [0, 0.1) is 0 Å². The Morgan fingerprint density at radius 2 is 0.445 bits per heavy atom. The van der Waals surface area contributed by atoms with Gasteiger partial charge in [-0.25, -0.2) is 4.98 Å². The van der Waals surface area contributed by atoms with E-state index in [0.29, 0.717) is 0 Å². The molecule has 5 heterocycles. The first-order valence-electron chi connectivity index (χ1n) is 37.7. The van der Waals surface area contributed by atoms with Crippen LogP contribution in [0.15, 0.2) is 425 Å². The van der Waals surface area contributed by atoms with Gasteiger partial charge in [0.15, 0.2) is 8.07 Å². The van der Waals surface area contributed by atoms with Gasteiger partial charge in [-0.2, -0.15) is 0 Å². The molecule has 0 aliphatic rings. The van der Waals surface area contributed by atoms with Gasteiger partial charge in [-0.3, -0.25) is 4.57 Å². The largest absolute Gasteiger partial charge is 0.309 e.